The predicted molar refractivity (Wildman–Crippen MR) is 79.3 cm³/mol. The number of carbonyl (C=O) groups is 2. The number of rotatable bonds is 3. The topological polar surface area (TPSA) is 73.6 Å². The Kier molecular flexibility index (Phi) is 3.53. The van der Waals surface area contributed by atoms with Gasteiger partial charge in [-0.3, -0.25) is 4.79 Å². The van der Waals surface area contributed by atoms with Crippen molar-refractivity contribution in [2.75, 3.05) is 0 Å². The molecule has 0 saturated carbocycles. The van der Waals surface area contributed by atoms with Crippen molar-refractivity contribution in [2.45, 2.75) is 0 Å². The standard InChI is InChI=1S/C17H10O5/c18-10-12-6-2-4-8-15(12)22-17(20)13-9-11-5-1-3-7-14(11)21-16(13)19/h1-10H. The highest BCUT2D eigenvalue weighted by molar-refractivity contribution is 5.95. The van der Waals surface area contributed by atoms with Crippen LogP contribution in [0.15, 0.2) is 63.8 Å². The van der Waals surface area contributed by atoms with Gasteiger partial charge in [0.05, 0.1) is 5.56 Å². The first-order chi connectivity index (χ1) is 10.7. The predicted octanol–water partition coefficient (Wildman–Crippen LogP) is 2.82. The van der Waals surface area contributed by atoms with Gasteiger partial charge in [0.1, 0.15) is 16.9 Å². The normalized spacial score (nSPS) is 10.4. The number of fused-ring (bicyclic) bond motifs is 1. The van der Waals surface area contributed by atoms with Gasteiger partial charge in [-0.1, -0.05) is 30.3 Å². The Bertz CT molecular complexity index is 923. The molecule has 5 heteroatoms. The van der Waals surface area contributed by atoms with Crippen molar-refractivity contribution < 1.29 is 18.7 Å². The van der Waals surface area contributed by atoms with Gasteiger partial charge in [0, 0.05) is 5.39 Å². The molecule has 0 saturated heterocycles. The van der Waals surface area contributed by atoms with Crippen LogP contribution in [0.4, 0.5) is 0 Å². The summed E-state index contributed by atoms with van der Waals surface area (Å²) in [6.07, 6.45) is 0.575. The zero-order valence-electron chi connectivity index (χ0n) is 11.3. The summed E-state index contributed by atoms with van der Waals surface area (Å²) in [5.74, 6) is -0.774. The number of benzene rings is 2. The number of hydrogen-bond donors (Lipinski definition) is 0. The molecule has 0 spiro atoms. The summed E-state index contributed by atoms with van der Waals surface area (Å²) in [7, 11) is 0. The summed E-state index contributed by atoms with van der Waals surface area (Å²) in [5.41, 5.74) is -0.398. The van der Waals surface area contributed by atoms with E-state index in [1.807, 2.05) is 0 Å². The lowest BCUT2D eigenvalue weighted by molar-refractivity contribution is 0.0729. The van der Waals surface area contributed by atoms with Crippen molar-refractivity contribution in [1.82, 2.24) is 0 Å². The molecule has 0 aliphatic carbocycles. The molecule has 22 heavy (non-hydrogen) atoms. The van der Waals surface area contributed by atoms with Gasteiger partial charge in [-0.05, 0) is 24.3 Å². The highest BCUT2D eigenvalue weighted by atomic mass is 16.5. The fraction of sp³-hybridized carbons (Fsp3) is 0. The number of para-hydroxylation sites is 2. The molecule has 1 aromatic heterocycles. The van der Waals surface area contributed by atoms with Crippen LogP contribution >= 0.6 is 0 Å². The molecule has 0 amide bonds. The lowest BCUT2D eigenvalue weighted by atomic mass is 10.2. The van der Waals surface area contributed by atoms with E-state index in [4.69, 9.17) is 9.15 Å². The van der Waals surface area contributed by atoms with Crippen molar-refractivity contribution in [3.8, 4) is 5.75 Å². The van der Waals surface area contributed by atoms with E-state index >= 15 is 0 Å². The van der Waals surface area contributed by atoms with Crippen molar-refractivity contribution in [3.63, 3.8) is 0 Å². The molecule has 3 rings (SSSR count). The molecule has 0 aliphatic heterocycles. The van der Waals surface area contributed by atoms with Crippen LogP contribution in [0.25, 0.3) is 11.0 Å². The van der Waals surface area contributed by atoms with E-state index in [1.165, 1.54) is 18.2 Å². The minimum absolute atomic E-state index is 0.0926. The minimum atomic E-state index is -0.867. The van der Waals surface area contributed by atoms with Crippen molar-refractivity contribution in [1.29, 1.82) is 0 Å². The lowest BCUT2D eigenvalue weighted by Crippen LogP contribution is -2.19. The molecule has 3 aromatic rings. The van der Waals surface area contributed by atoms with Crippen LogP contribution in [0.2, 0.25) is 0 Å². The Morgan fingerprint density at radius 2 is 1.77 bits per heavy atom. The molecule has 0 atom stereocenters. The molecule has 0 radical (unpaired) electrons. The Morgan fingerprint density at radius 3 is 2.59 bits per heavy atom. The van der Waals surface area contributed by atoms with Crippen LogP contribution in [0, 0.1) is 0 Å². The third-order valence-electron chi connectivity index (χ3n) is 3.11. The van der Waals surface area contributed by atoms with Crippen LogP contribution in [0.1, 0.15) is 20.7 Å². The number of hydrogen-bond acceptors (Lipinski definition) is 5. The van der Waals surface area contributed by atoms with Gasteiger partial charge in [0.15, 0.2) is 6.29 Å². The van der Waals surface area contributed by atoms with Crippen molar-refractivity contribution in [2.24, 2.45) is 0 Å². The van der Waals surface area contributed by atoms with E-state index < -0.39 is 11.6 Å². The smallest absolute Gasteiger partial charge is 0.351 e. The Hall–Kier alpha value is -3.21. The molecule has 1 heterocycles. The molecular weight excluding hydrogens is 284 g/mol. The summed E-state index contributed by atoms with van der Waals surface area (Å²) >= 11 is 0. The second-order valence-electron chi connectivity index (χ2n) is 4.53. The van der Waals surface area contributed by atoms with E-state index in [2.05, 4.69) is 0 Å². The maximum absolute atomic E-state index is 12.1. The van der Waals surface area contributed by atoms with E-state index in [0.29, 0.717) is 17.3 Å². The van der Waals surface area contributed by atoms with E-state index in [1.54, 1.807) is 36.4 Å². The third-order valence-corrected chi connectivity index (χ3v) is 3.11. The van der Waals surface area contributed by atoms with Gasteiger partial charge >= 0.3 is 11.6 Å². The quantitative estimate of drug-likeness (QED) is 0.321. The molecule has 0 unspecified atom stereocenters. The highest BCUT2D eigenvalue weighted by Gasteiger charge is 2.17. The average molecular weight is 294 g/mol. The van der Waals surface area contributed by atoms with Gasteiger partial charge in [0.25, 0.3) is 0 Å². The SMILES string of the molecule is O=Cc1ccccc1OC(=O)c1cc2ccccc2oc1=O. The molecule has 0 fully saturated rings. The maximum atomic E-state index is 12.1. The Labute approximate surface area is 124 Å². The monoisotopic (exact) mass is 294 g/mol. The molecule has 0 aliphatic rings. The molecule has 0 bridgehead atoms. The maximum Gasteiger partial charge on any atom is 0.351 e. The molecule has 2 aromatic carbocycles. The minimum Gasteiger partial charge on any atom is -0.422 e. The van der Waals surface area contributed by atoms with Crippen molar-refractivity contribution >= 4 is 23.2 Å². The Balaban J connectivity index is 2.00. The van der Waals surface area contributed by atoms with Gasteiger partial charge < -0.3 is 9.15 Å². The summed E-state index contributed by atoms with van der Waals surface area (Å²) in [5, 5.41) is 0.609. The number of carbonyl (C=O) groups excluding carboxylic acids is 2. The van der Waals surface area contributed by atoms with E-state index in [0.717, 1.165) is 0 Å². The van der Waals surface area contributed by atoms with E-state index in [9.17, 15) is 14.4 Å². The summed E-state index contributed by atoms with van der Waals surface area (Å²) in [6, 6.07) is 14.5. The first-order valence-electron chi connectivity index (χ1n) is 6.48. The Morgan fingerprint density at radius 1 is 1.05 bits per heavy atom. The van der Waals surface area contributed by atoms with Crippen LogP contribution in [-0.4, -0.2) is 12.3 Å². The van der Waals surface area contributed by atoms with Gasteiger partial charge in [-0.15, -0.1) is 0 Å². The zero-order chi connectivity index (χ0) is 15.5. The first kappa shape index (κ1) is 13.8. The molecule has 108 valence electrons. The fourth-order valence-corrected chi connectivity index (χ4v) is 2.03. The van der Waals surface area contributed by atoms with Crippen molar-refractivity contribution in [3.05, 3.63) is 76.1 Å². The number of aldehydes is 1. The van der Waals surface area contributed by atoms with Crippen LogP contribution in [0.5, 0.6) is 5.75 Å². The number of esters is 1. The number of ether oxygens (including phenoxy) is 1. The summed E-state index contributed by atoms with van der Waals surface area (Å²) in [4.78, 5) is 34.9. The van der Waals surface area contributed by atoms with Crippen LogP contribution < -0.4 is 10.4 Å². The molecule has 0 N–H and O–H groups in total. The zero-order valence-corrected chi connectivity index (χ0v) is 11.3. The van der Waals surface area contributed by atoms with Gasteiger partial charge in [0.2, 0.25) is 0 Å². The molecule has 5 nitrogen and oxygen atoms in total. The van der Waals surface area contributed by atoms with E-state index in [-0.39, 0.29) is 16.9 Å². The molecular formula is C17H10O5. The summed E-state index contributed by atoms with van der Waals surface area (Å²) in [6.45, 7) is 0. The van der Waals surface area contributed by atoms with Crippen LogP contribution in [0.3, 0.4) is 0 Å². The summed E-state index contributed by atoms with van der Waals surface area (Å²) < 4.78 is 10.2. The second-order valence-corrected chi connectivity index (χ2v) is 4.53. The fourth-order valence-electron chi connectivity index (χ4n) is 2.03. The largest absolute Gasteiger partial charge is 0.422 e. The van der Waals surface area contributed by atoms with Gasteiger partial charge in [-0.2, -0.15) is 0 Å². The van der Waals surface area contributed by atoms with Crippen LogP contribution in [-0.2, 0) is 0 Å². The highest BCUT2D eigenvalue weighted by Crippen LogP contribution is 2.18. The lowest BCUT2D eigenvalue weighted by Gasteiger charge is -2.06. The first-order valence-corrected chi connectivity index (χ1v) is 6.48. The third kappa shape index (κ3) is 2.52. The second kappa shape index (κ2) is 5.65. The average Bonchev–Trinajstić information content (AvgIpc) is 2.54. The van der Waals surface area contributed by atoms with Gasteiger partial charge in [-0.25, -0.2) is 9.59 Å².